The highest BCUT2D eigenvalue weighted by molar-refractivity contribution is 5.92. The average molecular weight is 299 g/mol. The Balaban J connectivity index is 3.50. The molecule has 0 fully saturated rings. The summed E-state index contributed by atoms with van der Waals surface area (Å²) in [5, 5.41) is 0. The van der Waals surface area contributed by atoms with Crippen LogP contribution in [0.2, 0.25) is 0 Å². The standard InChI is InChI=1S/C15H25NO5/c1-5-14(17)21-12-11-20-10-9-19-8-7-16(6-2)15(18)13(3)4/h5H,1,3,6-12H2,2,4H3. The van der Waals surface area contributed by atoms with Crippen LogP contribution in [0.15, 0.2) is 24.8 Å². The first-order chi connectivity index (χ1) is 10.0. The van der Waals surface area contributed by atoms with Crippen molar-refractivity contribution in [3.63, 3.8) is 0 Å². The number of amides is 1. The van der Waals surface area contributed by atoms with Gasteiger partial charge in [0.15, 0.2) is 0 Å². The highest BCUT2D eigenvalue weighted by atomic mass is 16.6. The van der Waals surface area contributed by atoms with Gasteiger partial charge in [-0.15, -0.1) is 0 Å². The molecule has 0 aromatic rings. The van der Waals surface area contributed by atoms with Gasteiger partial charge in [-0.2, -0.15) is 0 Å². The molecule has 21 heavy (non-hydrogen) atoms. The molecule has 6 nitrogen and oxygen atoms in total. The predicted octanol–water partition coefficient (Wildman–Crippen LogP) is 1.17. The van der Waals surface area contributed by atoms with Crippen LogP contribution in [0.25, 0.3) is 0 Å². The summed E-state index contributed by atoms with van der Waals surface area (Å²) in [6.45, 7) is 13.5. The van der Waals surface area contributed by atoms with E-state index in [0.717, 1.165) is 6.08 Å². The third-order valence-electron chi connectivity index (χ3n) is 2.55. The van der Waals surface area contributed by atoms with E-state index >= 15 is 0 Å². The van der Waals surface area contributed by atoms with E-state index in [0.29, 0.717) is 45.1 Å². The molecule has 0 spiro atoms. The Bertz CT molecular complexity index is 354. The third kappa shape index (κ3) is 9.81. The quantitative estimate of drug-likeness (QED) is 0.307. The van der Waals surface area contributed by atoms with Gasteiger partial charge in [-0.25, -0.2) is 4.79 Å². The number of ether oxygens (including phenoxy) is 3. The maximum absolute atomic E-state index is 11.7. The Morgan fingerprint density at radius 3 is 2.19 bits per heavy atom. The molecule has 6 heteroatoms. The first-order valence-corrected chi connectivity index (χ1v) is 6.92. The van der Waals surface area contributed by atoms with Crippen LogP contribution in [0.4, 0.5) is 0 Å². The van der Waals surface area contributed by atoms with E-state index in [-0.39, 0.29) is 12.5 Å². The Morgan fingerprint density at radius 2 is 1.67 bits per heavy atom. The van der Waals surface area contributed by atoms with Crippen LogP contribution in [0, 0.1) is 0 Å². The molecular formula is C15H25NO5. The molecule has 1 amide bonds. The van der Waals surface area contributed by atoms with Gasteiger partial charge in [0.25, 0.3) is 0 Å². The molecule has 0 aliphatic heterocycles. The Hall–Kier alpha value is -1.66. The fourth-order valence-electron chi connectivity index (χ4n) is 1.43. The molecule has 0 saturated carbocycles. The van der Waals surface area contributed by atoms with Gasteiger partial charge >= 0.3 is 5.97 Å². The summed E-state index contributed by atoms with van der Waals surface area (Å²) in [4.78, 5) is 24.1. The first kappa shape index (κ1) is 19.3. The van der Waals surface area contributed by atoms with Gasteiger partial charge in [-0.3, -0.25) is 4.79 Å². The average Bonchev–Trinajstić information content (AvgIpc) is 2.48. The summed E-state index contributed by atoms with van der Waals surface area (Å²) in [5.74, 6) is -0.516. The van der Waals surface area contributed by atoms with Gasteiger partial charge < -0.3 is 19.1 Å². The minimum atomic E-state index is -0.461. The maximum atomic E-state index is 11.7. The predicted molar refractivity (Wildman–Crippen MR) is 79.9 cm³/mol. The zero-order valence-corrected chi connectivity index (χ0v) is 12.9. The van der Waals surface area contributed by atoms with Crippen LogP contribution >= 0.6 is 0 Å². The van der Waals surface area contributed by atoms with E-state index in [2.05, 4.69) is 13.2 Å². The summed E-state index contributed by atoms with van der Waals surface area (Å²) < 4.78 is 15.3. The van der Waals surface area contributed by atoms with Crippen molar-refractivity contribution in [3.8, 4) is 0 Å². The van der Waals surface area contributed by atoms with Crippen molar-refractivity contribution in [2.75, 3.05) is 46.1 Å². The van der Waals surface area contributed by atoms with Gasteiger partial charge in [0.05, 0.1) is 26.4 Å². The zero-order chi connectivity index (χ0) is 16.1. The number of esters is 1. The highest BCUT2D eigenvalue weighted by Gasteiger charge is 2.11. The number of hydrogen-bond donors (Lipinski definition) is 0. The van der Waals surface area contributed by atoms with Crippen LogP contribution in [-0.2, 0) is 23.8 Å². The van der Waals surface area contributed by atoms with Crippen LogP contribution in [0.5, 0.6) is 0 Å². The second-order valence-electron chi connectivity index (χ2n) is 4.26. The Labute approximate surface area is 126 Å². The van der Waals surface area contributed by atoms with Crippen LogP contribution in [-0.4, -0.2) is 62.9 Å². The summed E-state index contributed by atoms with van der Waals surface area (Å²) in [6.07, 6.45) is 1.11. The van der Waals surface area contributed by atoms with E-state index in [1.54, 1.807) is 11.8 Å². The lowest BCUT2D eigenvalue weighted by Gasteiger charge is -2.20. The summed E-state index contributed by atoms with van der Waals surface area (Å²) in [7, 11) is 0. The molecule has 0 aromatic carbocycles. The van der Waals surface area contributed by atoms with Gasteiger partial charge in [-0.1, -0.05) is 13.2 Å². The van der Waals surface area contributed by atoms with Crippen LogP contribution < -0.4 is 0 Å². The molecule has 0 aliphatic rings. The summed E-state index contributed by atoms with van der Waals surface area (Å²) in [5.41, 5.74) is 0.522. The minimum absolute atomic E-state index is 0.0543. The van der Waals surface area contributed by atoms with Gasteiger partial charge in [-0.05, 0) is 13.8 Å². The molecule has 0 aromatic heterocycles. The van der Waals surface area contributed by atoms with Crippen molar-refractivity contribution in [1.29, 1.82) is 0 Å². The normalized spacial score (nSPS) is 10.0. The van der Waals surface area contributed by atoms with Crippen molar-refractivity contribution < 1.29 is 23.8 Å². The number of rotatable bonds is 12. The van der Waals surface area contributed by atoms with Crippen molar-refractivity contribution in [3.05, 3.63) is 24.8 Å². The topological polar surface area (TPSA) is 65.1 Å². The van der Waals surface area contributed by atoms with E-state index in [1.165, 1.54) is 0 Å². The number of carbonyl (C=O) groups is 2. The summed E-state index contributed by atoms with van der Waals surface area (Å²) >= 11 is 0. The van der Waals surface area contributed by atoms with Crippen LogP contribution in [0.3, 0.4) is 0 Å². The van der Waals surface area contributed by atoms with Crippen molar-refractivity contribution in [2.24, 2.45) is 0 Å². The fraction of sp³-hybridized carbons (Fsp3) is 0.600. The third-order valence-corrected chi connectivity index (χ3v) is 2.55. The van der Waals surface area contributed by atoms with E-state index in [1.807, 2.05) is 6.92 Å². The van der Waals surface area contributed by atoms with Gasteiger partial charge in [0.2, 0.25) is 5.91 Å². The smallest absolute Gasteiger partial charge is 0.330 e. The van der Waals surface area contributed by atoms with Gasteiger partial charge in [0, 0.05) is 24.7 Å². The van der Waals surface area contributed by atoms with E-state index < -0.39 is 5.97 Å². The minimum Gasteiger partial charge on any atom is -0.460 e. The lowest BCUT2D eigenvalue weighted by molar-refractivity contribution is -0.139. The van der Waals surface area contributed by atoms with Crippen molar-refractivity contribution in [1.82, 2.24) is 4.90 Å². The monoisotopic (exact) mass is 299 g/mol. The molecule has 0 aliphatic carbocycles. The SMILES string of the molecule is C=CC(=O)OCCOCCOCCN(CC)C(=O)C(=C)C. The molecule has 0 radical (unpaired) electrons. The molecule has 0 saturated heterocycles. The molecule has 120 valence electrons. The van der Waals surface area contributed by atoms with E-state index in [4.69, 9.17) is 14.2 Å². The number of hydrogen-bond acceptors (Lipinski definition) is 5. The molecular weight excluding hydrogens is 274 g/mol. The number of carbonyl (C=O) groups excluding carboxylic acids is 2. The maximum Gasteiger partial charge on any atom is 0.330 e. The Kier molecular flexibility index (Phi) is 11.2. The van der Waals surface area contributed by atoms with Crippen LogP contribution in [0.1, 0.15) is 13.8 Å². The second-order valence-corrected chi connectivity index (χ2v) is 4.26. The molecule has 0 unspecified atom stereocenters. The first-order valence-electron chi connectivity index (χ1n) is 6.92. The zero-order valence-electron chi connectivity index (χ0n) is 12.9. The largest absolute Gasteiger partial charge is 0.460 e. The van der Waals surface area contributed by atoms with Gasteiger partial charge in [0.1, 0.15) is 6.61 Å². The summed E-state index contributed by atoms with van der Waals surface area (Å²) in [6, 6.07) is 0. The van der Waals surface area contributed by atoms with Crippen molar-refractivity contribution in [2.45, 2.75) is 13.8 Å². The van der Waals surface area contributed by atoms with Crippen molar-refractivity contribution >= 4 is 11.9 Å². The number of likely N-dealkylation sites (N-methyl/N-ethyl adjacent to an activating group) is 1. The molecule has 0 N–H and O–H groups in total. The molecule has 0 heterocycles. The Morgan fingerprint density at radius 1 is 1.10 bits per heavy atom. The molecule has 0 bridgehead atoms. The number of nitrogens with zero attached hydrogens (tertiary/aromatic N) is 1. The lowest BCUT2D eigenvalue weighted by atomic mass is 10.3. The van der Waals surface area contributed by atoms with E-state index in [9.17, 15) is 9.59 Å². The molecule has 0 atom stereocenters. The molecule has 0 rings (SSSR count). The fourth-order valence-corrected chi connectivity index (χ4v) is 1.43. The second kappa shape index (κ2) is 12.1. The lowest BCUT2D eigenvalue weighted by Crippen LogP contribution is -2.34. The highest BCUT2D eigenvalue weighted by Crippen LogP contribution is 1.98.